The Kier molecular flexibility index (Phi) is 2.66. The molecule has 0 aromatic heterocycles. The zero-order valence-corrected chi connectivity index (χ0v) is 7.41. The van der Waals surface area contributed by atoms with Gasteiger partial charge in [0.1, 0.15) is 0 Å². The molecule has 0 aromatic rings. The molecular formula is C10H12O3. The molecule has 13 heavy (non-hydrogen) atoms. The predicted octanol–water partition coefficient (Wildman–Crippen LogP) is 1.60. The SMILES string of the molecule is C=CCC1(CC=C)CC(=O)OC1=O. The van der Waals surface area contributed by atoms with Crippen molar-refractivity contribution in [2.45, 2.75) is 19.3 Å². The van der Waals surface area contributed by atoms with Crippen LogP contribution in [0.15, 0.2) is 25.3 Å². The average molecular weight is 180 g/mol. The zero-order valence-electron chi connectivity index (χ0n) is 7.41. The Hall–Kier alpha value is -1.38. The first-order valence-corrected chi connectivity index (χ1v) is 4.11. The van der Waals surface area contributed by atoms with Crippen molar-refractivity contribution in [2.75, 3.05) is 0 Å². The first-order chi connectivity index (χ1) is 6.14. The Labute approximate surface area is 77.1 Å². The summed E-state index contributed by atoms with van der Waals surface area (Å²) in [4.78, 5) is 22.3. The zero-order chi connectivity index (χ0) is 9.90. The highest BCUT2D eigenvalue weighted by molar-refractivity contribution is 5.97. The van der Waals surface area contributed by atoms with Crippen LogP contribution in [0.4, 0.5) is 0 Å². The number of hydrogen-bond donors (Lipinski definition) is 0. The van der Waals surface area contributed by atoms with E-state index in [1.165, 1.54) is 0 Å². The largest absolute Gasteiger partial charge is 0.393 e. The van der Waals surface area contributed by atoms with Crippen LogP contribution in [0.25, 0.3) is 0 Å². The van der Waals surface area contributed by atoms with Crippen molar-refractivity contribution in [2.24, 2.45) is 5.41 Å². The summed E-state index contributed by atoms with van der Waals surface area (Å²) in [5, 5.41) is 0. The van der Waals surface area contributed by atoms with E-state index in [1.54, 1.807) is 12.2 Å². The molecule has 0 aromatic carbocycles. The molecule has 1 rings (SSSR count). The van der Waals surface area contributed by atoms with E-state index in [1.807, 2.05) is 0 Å². The molecule has 70 valence electrons. The summed E-state index contributed by atoms with van der Waals surface area (Å²) in [5.74, 6) is -0.897. The number of allylic oxidation sites excluding steroid dienone is 2. The lowest BCUT2D eigenvalue weighted by atomic mass is 9.80. The standard InChI is InChI=1S/C10H12O3/c1-3-5-10(6-4-2)7-8(11)13-9(10)12/h3-4H,1-2,5-7H2. The van der Waals surface area contributed by atoms with Gasteiger partial charge in [-0.05, 0) is 12.8 Å². The maximum atomic E-state index is 11.3. The molecule has 3 nitrogen and oxygen atoms in total. The minimum Gasteiger partial charge on any atom is -0.393 e. The Balaban J connectivity index is 2.88. The van der Waals surface area contributed by atoms with E-state index in [9.17, 15) is 9.59 Å². The van der Waals surface area contributed by atoms with Crippen LogP contribution in [-0.2, 0) is 14.3 Å². The molecule has 0 radical (unpaired) electrons. The molecule has 0 bridgehead atoms. The maximum absolute atomic E-state index is 11.3. The number of carbonyl (C=O) groups is 2. The molecular weight excluding hydrogens is 168 g/mol. The number of hydrogen-bond acceptors (Lipinski definition) is 3. The van der Waals surface area contributed by atoms with Crippen LogP contribution < -0.4 is 0 Å². The summed E-state index contributed by atoms with van der Waals surface area (Å²) >= 11 is 0. The second-order valence-electron chi connectivity index (χ2n) is 3.20. The number of rotatable bonds is 4. The molecule has 0 saturated carbocycles. The molecule has 0 spiro atoms. The molecule has 3 heteroatoms. The average Bonchev–Trinajstić information content (AvgIpc) is 2.28. The lowest BCUT2D eigenvalue weighted by Crippen LogP contribution is -2.24. The molecule has 1 fully saturated rings. The minimum absolute atomic E-state index is 0.143. The van der Waals surface area contributed by atoms with E-state index in [-0.39, 0.29) is 6.42 Å². The normalized spacial score (nSPS) is 19.7. The predicted molar refractivity (Wildman–Crippen MR) is 47.8 cm³/mol. The Morgan fingerprint density at radius 3 is 2.15 bits per heavy atom. The van der Waals surface area contributed by atoms with Gasteiger partial charge in [-0.2, -0.15) is 0 Å². The van der Waals surface area contributed by atoms with Crippen molar-refractivity contribution in [3.05, 3.63) is 25.3 Å². The summed E-state index contributed by atoms with van der Waals surface area (Å²) in [6.45, 7) is 7.12. The van der Waals surface area contributed by atoms with Crippen LogP contribution in [0.1, 0.15) is 19.3 Å². The molecule has 0 unspecified atom stereocenters. The van der Waals surface area contributed by atoms with Gasteiger partial charge in [0.15, 0.2) is 0 Å². The minimum atomic E-state index is -0.722. The summed E-state index contributed by atoms with van der Waals surface area (Å²) in [5.41, 5.74) is -0.722. The van der Waals surface area contributed by atoms with E-state index in [2.05, 4.69) is 17.9 Å². The van der Waals surface area contributed by atoms with Crippen LogP contribution in [0.3, 0.4) is 0 Å². The molecule has 0 atom stereocenters. The van der Waals surface area contributed by atoms with Gasteiger partial charge in [0.25, 0.3) is 0 Å². The molecule has 0 aliphatic carbocycles. The van der Waals surface area contributed by atoms with Crippen LogP contribution in [0.2, 0.25) is 0 Å². The quantitative estimate of drug-likeness (QED) is 0.375. The van der Waals surface area contributed by atoms with Gasteiger partial charge in [-0.15, -0.1) is 13.2 Å². The smallest absolute Gasteiger partial charge is 0.320 e. The first kappa shape index (κ1) is 9.71. The van der Waals surface area contributed by atoms with Crippen molar-refractivity contribution in [1.29, 1.82) is 0 Å². The molecule has 1 aliphatic heterocycles. The van der Waals surface area contributed by atoms with E-state index < -0.39 is 17.4 Å². The summed E-state index contributed by atoms with van der Waals surface area (Å²) in [7, 11) is 0. The second kappa shape index (κ2) is 3.56. The highest BCUT2D eigenvalue weighted by Gasteiger charge is 2.47. The van der Waals surface area contributed by atoms with Crippen molar-refractivity contribution in [3.8, 4) is 0 Å². The van der Waals surface area contributed by atoms with Crippen molar-refractivity contribution < 1.29 is 14.3 Å². The van der Waals surface area contributed by atoms with Crippen LogP contribution in [0, 0.1) is 5.41 Å². The van der Waals surface area contributed by atoms with Gasteiger partial charge in [0.05, 0.1) is 11.8 Å². The van der Waals surface area contributed by atoms with Gasteiger partial charge < -0.3 is 4.74 Å². The van der Waals surface area contributed by atoms with Gasteiger partial charge >= 0.3 is 11.9 Å². The number of ether oxygens (including phenoxy) is 1. The fourth-order valence-corrected chi connectivity index (χ4v) is 1.54. The summed E-state index contributed by atoms with van der Waals surface area (Å²) in [6.07, 6.45) is 4.32. The molecule has 1 saturated heterocycles. The third-order valence-corrected chi connectivity index (χ3v) is 2.19. The van der Waals surface area contributed by atoms with E-state index in [4.69, 9.17) is 0 Å². The first-order valence-electron chi connectivity index (χ1n) is 4.11. The van der Waals surface area contributed by atoms with Crippen LogP contribution in [-0.4, -0.2) is 11.9 Å². The molecule has 1 aliphatic rings. The van der Waals surface area contributed by atoms with E-state index >= 15 is 0 Å². The molecule has 0 N–H and O–H groups in total. The van der Waals surface area contributed by atoms with Crippen molar-refractivity contribution in [3.63, 3.8) is 0 Å². The van der Waals surface area contributed by atoms with E-state index in [0.717, 1.165) is 0 Å². The molecule has 1 heterocycles. The topological polar surface area (TPSA) is 43.4 Å². The van der Waals surface area contributed by atoms with Gasteiger partial charge in [0, 0.05) is 0 Å². The fourth-order valence-electron chi connectivity index (χ4n) is 1.54. The van der Waals surface area contributed by atoms with Crippen LogP contribution >= 0.6 is 0 Å². The second-order valence-corrected chi connectivity index (χ2v) is 3.20. The van der Waals surface area contributed by atoms with Crippen molar-refractivity contribution in [1.82, 2.24) is 0 Å². The van der Waals surface area contributed by atoms with Gasteiger partial charge in [0.2, 0.25) is 0 Å². The van der Waals surface area contributed by atoms with Gasteiger partial charge in [-0.25, -0.2) is 0 Å². The number of cyclic esters (lactones) is 2. The van der Waals surface area contributed by atoms with Crippen molar-refractivity contribution >= 4 is 11.9 Å². The highest BCUT2D eigenvalue weighted by atomic mass is 16.6. The number of esters is 2. The maximum Gasteiger partial charge on any atom is 0.320 e. The highest BCUT2D eigenvalue weighted by Crippen LogP contribution is 2.38. The third-order valence-electron chi connectivity index (χ3n) is 2.19. The van der Waals surface area contributed by atoms with Gasteiger partial charge in [-0.3, -0.25) is 9.59 Å². The lowest BCUT2D eigenvalue weighted by Gasteiger charge is -2.19. The van der Waals surface area contributed by atoms with E-state index in [0.29, 0.717) is 12.8 Å². The summed E-state index contributed by atoms with van der Waals surface area (Å²) in [6, 6.07) is 0. The lowest BCUT2D eigenvalue weighted by molar-refractivity contribution is -0.155. The van der Waals surface area contributed by atoms with Gasteiger partial charge in [-0.1, -0.05) is 12.2 Å². The Morgan fingerprint density at radius 2 is 1.85 bits per heavy atom. The summed E-state index contributed by atoms with van der Waals surface area (Å²) < 4.78 is 4.51. The Morgan fingerprint density at radius 1 is 1.31 bits per heavy atom. The Bertz CT molecular complexity index is 255. The van der Waals surface area contributed by atoms with Crippen LogP contribution in [0.5, 0.6) is 0 Å². The number of carbonyl (C=O) groups excluding carboxylic acids is 2. The third kappa shape index (κ3) is 1.69. The monoisotopic (exact) mass is 180 g/mol. The fraction of sp³-hybridized carbons (Fsp3) is 0.400. The molecule has 0 amide bonds.